The highest BCUT2D eigenvalue weighted by Crippen LogP contribution is 2.29. The maximum atomic E-state index is 13.3. The number of nitrogens with one attached hydrogen (secondary N) is 1. The first kappa shape index (κ1) is 17.4. The van der Waals surface area contributed by atoms with E-state index in [2.05, 4.69) is 29.4 Å². The third kappa shape index (κ3) is 3.76. The maximum absolute atomic E-state index is 13.3. The van der Waals surface area contributed by atoms with Crippen LogP contribution in [0.2, 0.25) is 5.02 Å². The summed E-state index contributed by atoms with van der Waals surface area (Å²) in [5, 5.41) is 4.96. The first-order chi connectivity index (χ1) is 13.1. The van der Waals surface area contributed by atoms with Gasteiger partial charge in [-0.1, -0.05) is 41.9 Å². The number of benzene rings is 3. The van der Waals surface area contributed by atoms with Gasteiger partial charge in [0.15, 0.2) is 5.82 Å². The summed E-state index contributed by atoms with van der Waals surface area (Å²) in [5.41, 5.74) is 2.63. The molecular formula is C22H17ClFN3. The van der Waals surface area contributed by atoms with Gasteiger partial charge >= 0.3 is 0 Å². The molecule has 0 saturated carbocycles. The molecule has 1 atom stereocenters. The fraction of sp³-hybridized carbons (Fsp3) is 0.0909. The molecule has 0 radical (unpaired) electrons. The number of anilines is 1. The monoisotopic (exact) mass is 377 g/mol. The van der Waals surface area contributed by atoms with Crippen LogP contribution in [-0.2, 0) is 0 Å². The normalized spacial score (nSPS) is 12.1. The molecule has 4 rings (SSSR count). The first-order valence-electron chi connectivity index (χ1n) is 8.65. The van der Waals surface area contributed by atoms with Crippen LogP contribution < -0.4 is 5.32 Å². The lowest BCUT2D eigenvalue weighted by Crippen LogP contribution is -2.09. The Bertz CT molecular complexity index is 1080. The van der Waals surface area contributed by atoms with Gasteiger partial charge in [0.2, 0.25) is 0 Å². The van der Waals surface area contributed by atoms with Crippen molar-refractivity contribution in [3.63, 3.8) is 0 Å². The maximum Gasteiger partial charge on any atom is 0.162 e. The molecule has 5 heteroatoms. The van der Waals surface area contributed by atoms with Crippen molar-refractivity contribution in [1.29, 1.82) is 0 Å². The van der Waals surface area contributed by atoms with Gasteiger partial charge in [0.1, 0.15) is 11.6 Å². The lowest BCUT2D eigenvalue weighted by molar-refractivity contribution is 0.628. The van der Waals surface area contributed by atoms with E-state index >= 15 is 0 Å². The van der Waals surface area contributed by atoms with Crippen molar-refractivity contribution in [3.8, 4) is 11.4 Å². The molecule has 0 aliphatic rings. The molecule has 1 aromatic heterocycles. The van der Waals surface area contributed by atoms with Crippen LogP contribution in [0.15, 0.2) is 72.8 Å². The van der Waals surface area contributed by atoms with Crippen molar-refractivity contribution in [2.75, 3.05) is 5.32 Å². The summed E-state index contributed by atoms with van der Waals surface area (Å²) in [4.78, 5) is 9.33. The average molecular weight is 378 g/mol. The quantitative estimate of drug-likeness (QED) is 0.456. The van der Waals surface area contributed by atoms with Gasteiger partial charge in [0, 0.05) is 22.0 Å². The Hall–Kier alpha value is -2.98. The third-order valence-corrected chi connectivity index (χ3v) is 4.65. The Kier molecular flexibility index (Phi) is 4.73. The zero-order valence-corrected chi connectivity index (χ0v) is 15.4. The predicted molar refractivity (Wildman–Crippen MR) is 108 cm³/mol. The summed E-state index contributed by atoms with van der Waals surface area (Å²) in [6.45, 7) is 2.08. The Labute approximate surface area is 161 Å². The Morgan fingerprint density at radius 2 is 1.67 bits per heavy atom. The first-order valence-corrected chi connectivity index (χ1v) is 9.03. The van der Waals surface area contributed by atoms with Gasteiger partial charge in [-0.05, 0) is 55.0 Å². The zero-order chi connectivity index (χ0) is 18.8. The topological polar surface area (TPSA) is 37.8 Å². The van der Waals surface area contributed by atoms with E-state index in [4.69, 9.17) is 16.6 Å². The molecule has 3 aromatic carbocycles. The van der Waals surface area contributed by atoms with Gasteiger partial charge in [-0.3, -0.25) is 0 Å². The molecule has 0 spiro atoms. The molecular weight excluding hydrogens is 361 g/mol. The zero-order valence-electron chi connectivity index (χ0n) is 14.7. The standard InChI is InChI=1S/C22H17ClFN3/c1-14(15-5-3-2-4-6-15)25-22-19-12-9-17(23)13-20(19)26-21(27-22)16-7-10-18(24)11-8-16/h2-14H,1H3,(H,25,26,27)/t14-/m1/s1. The number of fused-ring (bicyclic) bond motifs is 1. The Morgan fingerprint density at radius 3 is 2.41 bits per heavy atom. The van der Waals surface area contributed by atoms with E-state index in [9.17, 15) is 4.39 Å². The van der Waals surface area contributed by atoms with Crippen LogP contribution in [0.5, 0.6) is 0 Å². The predicted octanol–water partition coefficient (Wildman–Crippen LogP) is 6.26. The highest BCUT2D eigenvalue weighted by atomic mass is 35.5. The molecule has 0 unspecified atom stereocenters. The number of aromatic nitrogens is 2. The molecule has 0 aliphatic heterocycles. The minimum atomic E-state index is -0.293. The molecule has 27 heavy (non-hydrogen) atoms. The van der Waals surface area contributed by atoms with Crippen molar-refractivity contribution >= 4 is 28.3 Å². The van der Waals surface area contributed by atoms with Gasteiger partial charge < -0.3 is 5.32 Å². The van der Waals surface area contributed by atoms with Crippen LogP contribution in [0.4, 0.5) is 10.2 Å². The molecule has 4 aromatic rings. The number of nitrogens with zero attached hydrogens (tertiary/aromatic N) is 2. The minimum absolute atomic E-state index is 0.0565. The van der Waals surface area contributed by atoms with Gasteiger partial charge in [-0.25, -0.2) is 14.4 Å². The van der Waals surface area contributed by atoms with Crippen molar-refractivity contribution in [2.45, 2.75) is 13.0 Å². The summed E-state index contributed by atoms with van der Waals surface area (Å²) in [7, 11) is 0. The third-order valence-electron chi connectivity index (χ3n) is 4.41. The van der Waals surface area contributed by atoms with Gasteiger partial charge in [0.25, 0.3) is 0 Å². The molecule has 1 N–H and O–H groups in total. The average Bonchev–Trinajstić information content (AvgIpc) is 2.68. The van der Waals surface area contributed by atoms with Crippen molar-refractivity contribution in [2.24, 2.45) is 0 Å². The molecule has 0 fully saturated rings. The van der Waals surface area contributed by atoms with E-state index in [1.807, 2.05) is 36.4 Å². The van der Waals surface area contributed by atoms with Gasteiger partial charge in [-0.2, -0.15) is 0 Å². The van der Waals surface area contributed by atoms with E-state index < -0.39 is 0 Å². The van der Waals surface area contributed by atoms with E-state index in [1.165, 1.54) is 12.1 Å². The second kappa shape index (κ2) is 7.33. The lowest BCUT2D eigenvalue weighted by atomic mass is 10.1. The fourth-order valence-corrected chi connectivity index (χ4v) is 3.14. The van der Waals surface area contributed by atoms with Crippen molar-refractivity contribution in [1.82, 2.24) is 9.97 Å². The van der Waals surface area contributed by atoms with Gasteiger partial charge in [-0.15, -0.1) is 0 Å². The highest BCUT2D eigenvalue weighted by molar-refractivity contribution is 6.31. The van der Waals surface area contributed by atoms with Crippen LogP contribution >= 0.6 is 11.6 Å². The molecule has 0 aliphatic carbocycles. The summed E-state index contributed by atoms with van der Waals surface area (Å²) >= 11 is 6.16. The highest BCUT2D eigenvalue weighted by Gasteiger charge is 2.13. The lowest BCUT2D eigenvalue weighted by Gasteiger charge is -2.17. The van der Waals surface area contributed by atoms with E-state index in [0.29, 0.717) is 16.7 Å². The SMILES string of the molecule is C[C@@H](Nc1nc(-c2ccc(F)cc2)nc2cc(Cl)ccc12)c1ccccc1. The smallest absolute Gasteiger partial charge is 0.162 e. The summed E-state index contributed by atoms with van der Waals surface area (Å²) in [6, 6.07) is 21.9. The van der Waals surface area contributed by atoms with Crippen LogP contribution in [0.3, 0.4) is 0 Å². The summed E-state index contributed by atoms with van der Waals surface area (Å²) < 4.78 is 13.3. The number of rotatable bonds is 4. The van der Waals surface area contributed by atoms with Crippen LogP contribution in [0, 0.1) is 5.82 Å². The summed E-state index contributed by atoms with van der Waals surface area (Å²) in [5.74, 6) is 0.943. The molecule has 0 bridgehead atoms. The van der Waals surface area contributed by atoms with Crippen molar-refractivity contribution in [3.05, 3.63) is 89.2 Å². The second-order valence-corrected chi connectivity index (χ2v) is 6.78. The summed E-state index contributed by atoms with van der Waals surface area (Å²) in [6.07, 6.45) is 0. The minimum Gasteiger partial charge on any atom is -0.363 e. The van der Waals surface area contributed by atoms with E-state index in [-0.39, 0.29) is 11.9 Å². The number of halogens is 2. The van der Waals surface area contributed by atoms with E-state index in [0.717, 1.165) is 22.0 Å². The number of hydrogen-bond donors (Lipinski definition) is 1. The van der Waals surface area contributed by atoms with Crippen LogP contribution in [-0.4, -0.2) is 9.97 Å². The molecule has 134 valence electrons. The second-order valence-electron chi connectivity index (χ2n) is 6.34. The molecule has 1 heterocycles. The van der Waals surface area contributed by atoms with Crippen LogP contribution in [0.1, 0.15) is 18.5 Å². The van der Waals surface area contributed by atoms with Crippen molar-refractivity contribution < 1.29 is 4.39 Å². The Balaban J connectivity index is 1.81. The number of hydrogen-bond acceptors (Lipinski definition) is 3. The molecule has 3 nitrogen and oxygen atoms in total. The molecule has 0 amide bonds. The molecule has 0 saturated heterocycles. The van der Waals surface area contributed by atoms with E-state index in [1.54, 1.807) is 12.1 Å². The van der Waals surface area contributed by atoms with Gasteiger partial charge in [0.05, 0.1) is 5.52 Å². The Morgan fingerprint density at radius 1 is 0.926 bits per heavy atom. The van der Waals surface area contributed by atoms with Crippen LogP contribution in [0.25, 0.3) is 22.3 Å². The largest absolute Gasteiger partial charge is 0.363 e. The fourth-order valence-electron chi connectivity index (χ4n) is 2.97.